The fourth-order valence-corrected chi connectivity index (χ4v) is 2.01. The number of aliphatic hydroxyl groups excluding tert-OH is 1. The fraction of sp³-hybridized carbons (Fsp3) is 0.0769. The van der Waals surface area contributed by atoms with E-state index in [9.17, 15) is 9.50 Å². The van der Waals surface area contributed by atoms with E-state index in [0.29, 0.717) is 26.6 Å². The van der Waals surface area contributed by atoms with Gasteiger partial charge in [-0.1, -0.05) is 17.7 Å². The molecule has 0 aliphatic rings. The van der Waals surface area contributed by atoms with Gasteiger partial charge < -0.3 is 9.84 Å². The van der Waals surface area contributed by atoms with Crippen molar-refractivity contribution < 1.29 is 14.2 Å². The summed E-state index contributed by atoms with van der Waals surface area (Å²) in [5.74, 6) is 0.323. The number of hydrogen-bond donors (Lipinski definition) is 1. The normalized spacial score (nSPS) is 10.4. The highest BCUT2D eigenvalue weighted by molar-refractivity contribution is 9.10. The molecule has 2 aromatic carbocycles. The fourth-order valence-electron chi connectivity index (χ4n) is 1.46. The molecule has 0 unspecified atom stereocenters. The van der Waals surface area contributed by atoms with Crippen LogP contribution in [0.4, 0.5) is 4.39 Å². The van der Waals surface area contributed by atoms with Gasteiger partial charge in [-0.25, -0.2) is 4.39 Å². The van der Waals surface area contributed by atoms with Crippen LogP contribution in [0.15, 0.2) is 40.9 Å². The minimum absolute atomic E-state index is 0.248. The van der Waals surface area contributed by atoms with Crippen LogP contribution in [-0.2, 0) is 6.61 Å². The first-order valence-electron chi connectivity index (χ1n) is 5.13. The van der Waals surface area contributed by atoms with Crippen LogP contribution >= 0.6 is 27.5 Å². The molecule has 0 atom stereocenters. The Morgan fingerprint density at radius 1 is 1.22 bits per heavy atom. The summed E-state index contributed by atoms with van der Waals surface area (Å²) in [6.45, 7) is -0.248. The van der Waals surface area contributed by atoms with Crippen LogP contribution in [0, 0.1) is 5.82 Å². The lowest BCUT2D eigenvalue weighted by Gasteiger charge is -2.12. The summed E-state index contributed by atoms with van der Waals surface area (Å²) in [4.78, 5) is 0. The Labute approximate surface area is 117 Å². The van der Waals surface area contributed by atoms with Crippen LogP contribution in [0.5, 0.6) is 11.5 Å². The number of rotatable bonds is 3. The molecule has 1 N–H and O–H groups in total. The average molecular weight is 332 g/mol. The standard InChI is InChI=1S/C13H9BrClFO2/c14-10-5-4-8(16)6-13(10)18-12-3-1-2-11(15)9(12)7-17/h1-6,17H,7H2. The molecule has 18 heavy (non-hydrogen) atoms. The Hall–Kier alpha value is -1.10. The SMILES string of the molecule is OCc1c(Cl)cccc1Oc1cc(F)ccc1Br. The maximum atomic E-state index is 13.1. The van der Waals surface area contributed by atoms with Crippen molar-refractivity contribution in [3.63, 3.8) is 0 Å². The number of aliphatic hydroxyl groups is 1. The summed E-state index contributed by atoms with van der Waals surface area (Å²) >= 11 is 9.21. The first-order chi connectivity index (χ1) is 8.61. The highest BCUT2D eigenvalue weighted by Crippen LogP contribution is 2.34. The third-order valence-corrected chi connectivity index (χ3v) is 3.36. The molecule has 0 spiro atoms. The summed E-state index contributed by atoms with van der Waals surface area (Å²) in [6.07, 6.45) is 0. The molecule has 0 fully saturated rings. The van der Waals surface area contributed by atoms with Crippen molar-refractivity contribution >= 4 is 27.5 Å². The largest absolute Gasteiger partial charge is 0.456 e. The first kappa shape index (κ1) is 13.3. The zero-order chi connectivity index (χ0) is 13.1. The van der Waals surface area contributed by atoms with Gasteiger partial charge in [-0.05, 0) is 40.2 Å². The lowest BCUT2D eigenvalue weighted by molar-refractivity contribution is 0.276. The molecule has 94 valence electrons. The zero-order valence-corrected chi connectivity index (χ0v) is 11.5. The number of hydrogen-bond acceptors (Lipinski definition) is 2. The maximum absolute atomic E-state index is 13.1. The Bertz CT molecular complexity index is 575. The van der Waals surface area contributed by atoms with Crippen LogP contribution in [0.25, 0.3) is 0 Å². The monoisotopic (exact) mass is 330 g/mol. The van der Waals surface area contributed by atoms with Crippen LogP contribution in [0.3, 0.4) is 0 Å². The molecular weight excluding hydrogens is 322 g/mol. The number of benzene rings is 2. The van der Waals surface area contributed by atoms with Crippen LogP contribution < -0.4 is 4.74 Å². The van der Waals surface area contributed by atoms with Crippen molar-refractivity contribution in [3.8, 4) is 11.5 Å². The molecule has 0 aromatic heterocycles. The first-order valence-corrected chi connectivity index (χ1v) is 6.30. The molecule has 0 heterocycles. The van der Waals surface area contributed by atoms with E-state index in [1.54, 1.807) is 24.3 Å². The molecule has 5 heteroatoms. The molecule has 0 aliphatic carbocycles. The van der Waals surface area contributed by atoms with Crippen molar-refractivity contribution in [1.29, 1.82) is 0 Å². The Kier molecular flexibility index (Phi) is 4.22. The second kappa shape index (κ2) is 5.69. The van der Waals surface area contributed by atoms with Crippen LogP contribution in [-0.4, -0.2) is 5.11 Å². The van der Waals surface area contributed by atoms with Crippen molar-refractivity contribution in [2.24, 2.45) is 0 Å². The van der Waals surface area contributed by atoms with E-state index in [2.05, 4.69) is 15.9 Å². The topological polar surface area (TPSA) is 29.5 Å². The van der Waals surface area contributed by atoms with Crippen molar-refractivity contribution in [3.05, 3.63) is 57.3 Å². The number of ether oxygens (including phenoxy) is 1. The summed E-state index contributed by atoms with van der Waals surface area (Å²) in [6, 6.07) is 9.14. The van der Waals surface area contributed by atoms with Crippen LogP contribution in [0.2, 0.25) is 5.02 Å². The Balaban J connectivity index is 2.40. The smallest absolute Gasteiger partial charge is 0.144 e. The van der Waals surface area contributed by atoms with E-state index in [1.807, 2.05) is 0 Å². The quantitative estimate of drug-likeness (QED) is 0.895. The molecule has 0 amide bonds. The molecule has 0 aliphatic heterocycles. The van der Waals surface area contributed by atoms with Gasteiger partial charge in [-0.2, -0.15) is 0 Å². The molecule has 2 aromatic rings. The molecule has 2 nitrogen and oxygen atoms in total. The molecule has 0 bridgehead atoms. The van der Waals surface area contributed by atoms with Crippen molar-refractivity contribution in [1.82, 2.24) is 0 Å². The predicted molar refractivity (Wildman–Crippen MR) is 71.5 cm³/mol. The van der Waals surface area contributed by atoms with Gasteiger partial charge in [0.15, 0.2) is 0 Å². The van der Waals surface area contributed by atoms with Gasteiger partial charge in [0, 0.05) is 16.7 Å². The third kappa shape index (κ3) is 2.83. The number of halogens is 3. The van der Waals surface area contributed by atoms with E-state index in [-0.39, 0.29) is 6.61 Å². The summed E-state index contributed by atoms with van der Waals surface area (Å²) in [7, 11) is 0. The molecule has 0 radical (unpaired) electrons. The summed E-state index contributed by atoms with van der Waals surface area (Å²) in [5, 5.41) is 9.66. The van der Waals surface area contributed by atoms with Gasteiger partial charge in [0.05, 0.1) is 11.1 Å². The second-order valence-corrected chi connectivity index (χ2v) is 4.81. The van der Waals surface area contributed by atoms with E-state index < -0.39 is 5.82 Å². The van der Waals surface area contributed by atoms with E-state index in [0.717, 1.165) is 0 Å². The molecule has 0 saturated carbocycles. The Morgan fingerprint density at radius 3 is 2.72 bits per heavy atom. The summed E-state index contributed by atoms with van der Waals surface area (Å²) < 4.78 is 19.3. The predicted octanol–water partition coefficient (Wildman–Crippen LogP) is 4.53. The minimum atomic E-state index is -0.402. The van der Waals surface area contributed by atoms with Gasteiger partial charge in [-0.15, -0.1) is 0 Å². The highest BCUT2D eigenvalue weighted by atomic mass is 79.9. The molecule has 2 rings (SSSR count). The van der Waals surface area contributed by atoms with E-state index in [4.69, 9.17) is 16.3 Å². The van der Waals surface area contributed by atoms with Gasteiger partial charge in [-0.3, -0.25) is 0 Å². The zero-order valence-electron chi connectivity index (χ0n) is 9.16. The average Bonchev–Trinajstić information content (AvgIpc) is 2.34. The molecule has 0 saturated heterocycles. The van der Waals surface area contributed by atoms with E-state index in [1.165, 1.54) is 12.1 Å². The highest BCUT2D eigenvalue weighted by Gasteiger charge is 2.10. The van der Waals surface area contributed by atoms with Crippen LogP contribution in [0.1, 0.15) is 5.56 Å². The minimum Gasteiger partial charge on any atom is -0.456 e. The van der Waals surface area contributed by atoms with Crippen molar-refractivity contribution in [2.75, 3.05) is 0 Å². The third-order valence-electron chi connectivity index (χ3n) is 2.35. The van der Waals surface area contributed by atoms with Gasteiger partial charge >= 0.3 is 0 Å². The lowest BCUT2D eigenvalue weighted by Crippen LogP contribution is -1.93. The van der Waals surface area contributed by atoms with Crippen molar-refractivity contribution in [2.45, 2.75) is 6.61 Å². The second-order valence-electron chi connectivity index (χ2n) is 3.55. The Morgan fingerprint density at radius 2 is 2.00 bits per heavy atom. The molecular formula is C13H9BrClFO2. The van der Waals surface area contributed by atoms with E-state index >= 15 is 0 Å². The van der Waals surface area contributed by atoms with Gasteiger partial charge in [0.25, 0.3) is 0 Å². The van der Waals surface area contributed by atoms with Gasteiger partial charge in [0.2, 0.25) is 0 Å². The lowest BCUT2D eigenvalue weighted by atomic mass is 10.2. The van der Waals surface area contributed by atoms with Gasteiger partial charge in [0.1, 0.15) is 17.3 Å². The summed E-state index contributed by atoms with van der Waals surface area (Å²) in [5.41, 5.74) is 0.468. The maximum Gasteiger partial charge on any atom is 0.144 e.